The standard InChI is InChI=1S/C33H28N6O3/c40-30-12-11-29(32(41)36-30)38-17-22-8-7-19(15-24(22)33(38)42)5-6-20-13-23(14-20)39-18-25(31(37-39)21-9-10-21)28-16-34-26-3-1-2-4-27(26)35-28/h1-4,7-8,15-16,18,20-21,23,29H,9-14,17H2,(H,36,40,41)/t20-,23-,29?. The molecule has 2 aliphatic carbocycles. The van der Waals surface area contributed by atoms with Crippen molar-refractivity contribution in [2.45, 2.75) is 63.1 Å². The minimum atomic E-state index is -0.611. The summed E-state index contributed by atoms with van der Waals surface area (Å²) >= 11 is 0. The maximum Gasteiger partial charge on any atom is 0.255 e. The quantitative estimate of drug-likeness (QED) is 0.299. The molecule has 0 spiro atoms. The second-order valence-electron chi connectivity index (χ2n) is 11.8. The Morgan fingerprint density at radius 3 is 2.60 bits per heavy atom. The maximum absolute atomic E-state index is 13.1. The highest BCUT2D eigenvalue weighted by Gasteiger charge is 2.39. The first-order valence-corrected chi connectivity index (χ1v) is 14.6. The van der Waals surface area contributed by atoms with Crippen molar-refractivity contribution in [1.82, 2.24) is 30.0 Å². The number of rotatable bonds is 4. The number of hydrogen-bond donors (Lipinski definition) is 1. The number of nitrogens with zero attached hydrogens (tertiary/aromatic N) is 5. The summed E-state index contributed by atoms with van der Waals surface area (Å²) < 4.78 is 2.11. The van der Waals surface area contributed by atoms with Crippen LogP contribution in [0.25, 0.3) is 22.3 Å². The molecule has 3 amide bonds. The average Bonchev–Trinajstić information content (AvgIpc) is 3.65. The summed E-state index contributed by atoms with van der Waals surface area (Å²) in [6, 6.07) is 13.3. The zero-order valence-electron chi connectivity index (χ0n) is 22.9. The fraction of sp³-hybridized carbons (Fsp3) is 0.333. The summed E-state index contributed by atoms with van der Waals surface area (Å²) in [7, 11) is 0. The fourth-order valence-electron chi connectivity index (χ4n) is 6.27. The van der Waals surface area contributed by atoms with Crippen molar-refractivity contribution in [3.05, 3.63) is 77.2 Å². The highest BCUT2D eigenvalue weighted by atomic mass is 16.2. The van der Waals surface area contributed by atoms with Crippen LogP contribution in [0.4, 0.5) is 0 Å². The van der Waals surface area contributed by atoms with Gasteiger partial charge in [0, 0.05) is 47.7 Å². The fourth-order valence-corrected chi connectivity index (χ4v) is 6.27. The molecule has 4 heterocycles. The molecule has 4 aromatic rings. The molecule has 0 bridgehead atoms. The number of benzene rings is 2. The first kappa shape index (κ1) is 24.9. The first-order chi connectivity index (χ1) is 20.5. The van der Waals surface area contributed by atoms with E-state index in [9.17, 15) is 14.4 Å². The Bertz CT molecular complexity index is 1860. The van der Waals surface area contributed by atoms with Crippen LogP contribution >= 0.6 is 0 Å². The molecule has 9 nitrogen and oxygen atoms in total. The minimum absolute atomic E-state index is 0.177. The summed E-state index contributed by atoms with van der Waals surface area (Å²) in [5, 5.41) is 7.36. The number of imide groups is 1. The van der Waals surface area contributed by atoms with Gasteiger partial charge in [0.2, 0.25) is 11.8 Å². The van der Waals surface area contributed by atoms with Crippen LogP contribution in [0, 0.1) is 17.8 Å². The van der Waals surface area contributed by atoms with Crippen LogP contribution in [-0.4, -0.2) is 48.4 Å². The van der Waals surface area contributed by atoms with E-state index in [-0.39, 0.29) is 24.2 Å². The molecule has 9 heteroatoms. The van der Waals surface area contributed by atoms with Crippen molar-refractivity contribution in [3.8, 4) is 23.1 Å². The zero-order chi connectivity index (χ0) is 28.4. The lowest BCUT2D eigenvalue weighted by atomic mass is 9.80. The van der Waals surface area contributed by atoms with Crippen molar-refractivity contribution in [2.75, 3.05) is 0 Å². The van der Waals surface area contributed by atoms with E-state index in [1.807, 2.05) is 48.7 Å². The Balaban J connectivity index is 0.956. The Morgan fingerprint density at radius 1 is 0.952 bits per heavy atom. The number of carbonyl (C=O) groups is 3. The molecule has 0 radical (unpaired) electrons. The van der Waals surface area contributed by atoms with Gasteiger partial charge in [0.05, 0.1) is 34.7 Å². The number of nitrogens with one attached hydrogen (secondary N) is 1. The monoisotopic (exact) mass is 556 g/mol. The first-order valence-electron chi connectivity index (χ1n) is 14.6. The van der Waals surface area contributed by atoms with E-state index >= 15 is 0 Å². The molecule has 2 saturated carbocycles. The molecular formula is C33H28N6O3. The van der Waals surface area contributed by atoms with Gasteiger partial charge in [0.15, 0.2) is 0 Å². The van der Waals surface area contributed by atoms with Gasteiger partial charge in [-0.25, -0.2) is 4.98 Å². The Kier molecular flexibility index (Phi) is 5.71. The lowest BCUT2D eigenvalue weighted by Gasteiger charge is -2.32. The van der Waals surface area contributed by atoms with Crippen molar-refractivity contribution >= 4 is 28.8 Å². The summed E-state index contributed by atoms with van der Waals surface area (Å²) in [5.41, 5.74) is 7.13. The number of hydrogen-bond acceptors (Lipinski definition) is 6. The summed E-state index contributed by atoms with van der Waals surface area (Å²) in [4.78, 5) is 48.0. The number of fused-ring (bicyclic) bond motifs is 2. The van der Waals surface area contributed by atoms with E-state index in [2.05, 4.69) is 33.0 Å². The van der Waals surface area contributed by atoms with Gasteiger partial charge in [-0.05, 0) is 61.9 Å². The van der Waals surface area contributed by atoms with Gasteiger partial charge in [0.1, 0.15) is 6.04 Å². The molecule has 1 N–H and O–H groups in total. The van der Waals surface area contributed by atoms with E-state index in [0.29, 0.717) is 30.5 Å². The summed E-state index contributed by atoms with van der Waals surface area (Å²) in [6.07, 6.45) is 8.78. The average molecular weight is 557 g/mol. The number of piperidine rings is 1. The second-order valence-corrected chi connectivity index (χ2v) is 11.8. The number of amides is 3. The predicted octanol–water partition coefficient (Wildman–Crippen LogP) is 4.13. The van der Waals surface area contributed by atoms with Gasteiger partial charge in [0.25, 0.3) is 5.91 Å². The van der Waals surface area contributed by atoms with Gasteiger partial charge in [-0.15, -0.1) is 0 Å². The van der Waals surface area contributed by atoms with Crippen LogP contribution in [0.15, 0.2) is 54.9 Å². The van der Waals surface area contributed by atoms with Gasteiger partial charge >= 0.3 is 0 Å². The molecule has 1 saturated heterocycles. The highest BCUT2D eigenvalue weighted by Crippen LogP contribution is 2.45. The predicted molar refractivity (Wildman–Crippen MR) is 154 cm³/mol. The molecule has 1 unspecified atom stereocenters. The summed E-state index contributed by atoms with van der Waals surface area (Å²) in [5.74, 6) is 6.57. The number of para-hydroxylation sites is 2. The highest BCUT2D eigenvalue weighted by molar-refractivity contribution is 6.05. The second kappa shape index (κ2) is 9.62. The van der Waals surface area contributed by atoms with E-state index in [1.165, 1.54) is 12.8 Å². The molecule has 2 aromatic heterocycles. The van der Waals surface area contributed by atoms with Crippen LogP contribution in [0.3, 0.4) is 0 Å². The number of aromatic nitrogens is 4. The van der Waals surface area contributed by atoms with E-state index in [4.69, 9.17) is 10.1 Å². The minimum Gasteiger partial charge on any atom is -0.322 e. The van der Waals surface area contributed by atoms with E-state index in [1.54, 1.807) is 4.90 Å². The largest absolute Gasteiger partial charge is 0.322 e. The lowest BCUT2D eigenvalue weighted by molar-refractivity contribution is -0.136. The molecule has 208 valence electrons. The van der Waals surface area contributed by atoms with Crippen molar-refractivity contribution in [1.29, 1.82) is 0 Å². The molecular weight excluding hydrogens is 528 g/mol. The number of carbonyl (C=O) groups excluding carboxylic acids is 3. The normalized spacial score (nSPS) is 23.3. The topological polar surface area (TPSA) is 110 Å². The summed E-state index contributed by atoms with van der Waals surface area (Å²) in [6.45, 7) is 0.373. The van der Waals surface area contributed by atoms with Crippen LogP contribution in [0.2, 0.25) is 0 Å². The van der Waals surface area contributed by atoms with Crippen LogP contribution in [0.1, 0.15) is 77.7 Å². The van der Waals surface area contributed by atoms with Gasteiger partial charge < -0.3 is 4.90 Å². The smallest absolute Gasteiger partial charge is 0.255 e. The lowest BCUT2D eigenvalue weighted by Crippen LogP contribution is -2.52. The molecule has 1 atom stereocenters. The molecule has 42 heavy (non-hydrogen) atoms. The van der Waals surface area contributed by atoms with Crippen LogP contribution < -0.4 is 5.32 Å². The third-order valence-corrected chi connectivity index (χ3v) is 8.89. The zero-order valence-corrected chi connectivity index (χ0v) is 22.9. The molecule has 4 aliphatic rings. The van der Waals surface area contributed by atoms with Gasteiger partial charge in [-0.3, -0.25) is 29.4 Å². The van der Waals surface area contributed by atoms with Crippen LogP contribution in [0.5, 0.6) is 0 Å². The van der Waals surface area contributed by atoms with Gasteiger partial charge in [-0.1, -0.05) is 30.0 Å². The Hall–Kier alpha value is -4.84. The maximum atomic E-state index is 13.1. The molecule has 2 aromatic carbocycles. The Labute approximate surface area is 242 Å². The molecule has 3 fully saturated rings. The van der Waals surface area contributed by atoms with Crippen molar-refractivity contribution in [2.24, 2.45) is 5.92 Å². The van der Waals surface area contributed by atoms with E-state index < -0.39 is 11.9 Å². The molecule has 8 rings (SSSR count). The third-order valence-electron chi connectivity index (χ3n) is 8.89. The van der Waals surface area contributed by atoms with Crippen molar-refractivity contribution < 1.29 is 14.4 Å². The SMILES string of the molecule is O=C1CCC(N2Cc3ccc(C#C[C@H]4C[C@H](n5cc(-c6cnc7ccccc7n6)c(C6CC6)n5)C4)cc3C2=O)C(=O)N1. The van der Waals surface area contributed by atoms with Gasteiger partial charge in [-0.2, -0.15) is 5.10 Å². The van der Waals surface area contributed by atoms with Crippen molar-refractivity contribution in [3.63, 3.8) is 0 Å². The van der Waals surface area contributed by atoms with Crippen LogP contribution in [-0.2, 0) is 16.1 Å². The third kappa shape index (κ3) is 4.35. The van der Waals surface area contributed by atoms with E-state index in [0.717, 1.165) is 52.0 Å². The Morgan fingerprint density at radius 2 is 1.79 bits per heavy atom. The molecule has 2 aliphatic heterocycles.